The summed E-state index contributed by atoms with van der Waals surface area (Å²) in [7, 11) is -3.60. The van der Waals surface area contributed by atoms with Crippen molar-refractivity contribution in [3.63, 3.8) is 0 Å². The summed E-state index contributed by atoms with van der Waals surface area (Å²) in [5, 5.41) is 2.70. The second kappa shape index (κ2) is 10.1. The topological polar surface area (TPSA) is 108 Å². The zero-order chi connectivity index (χ0) is 23.2. The van der Waals surface area contributed by atoms with Crippen LogP contribution in [0, 0.1) is 5.92 Å². The number of alkyl carbamates (subject to hydrolysis) is 1. The van der Waals surface area contributed by atoms with Crippen LogP contribution in [0.15, 0.2) is 24.3 Å². The van der Waals surface area contributed by atoms with Gasteiger partial charge in [-0.05, 0) is 71.6 Å². The van der Waals surface area contributed by atoms with Gasteiger partial charge in [0.1, 0.15) is 17.0 Å². The standard InChI is InChI=1S/C21H33NO7S/c1-20(2,3)27-18(23)13-16(14-22-19(24)28-21(4,5)6)12-15-8-10-17(11-9-15)29-30(7,25)26/h8-11,16H,12-14H2,1-7H3,(H,22,24). The van der Waals surface area contributed by atoms with Gasteiger partial charge < -0.3 is 19.0 Å². The van der Waals surface area contributed by atoms with E-state index in [-0.39, 0.29) is 30.6 Å². The largest absolute Gasteiger partial charge is 0.460 e. The van der Waals surface area contributed by atoms with Crippen LogP contribution in [-0.2, 0) is 30.8 Å². The van der Waals surface area contributed by atoms with E-state index < -0.39 is 27.4 Å². The van der Waals surface area contributed by atoms with E-state index in [2.05, 4.69) is 5.32 Å². The number of carbonyl (C=O) groups is 2. The second-order valence-corrected chi connectivity index (χ2v) is 10.7. The van der Waals surface area contributed by atoms with E-state index in [1.807, 2.05) is 0 Å². The van der Waals surface area contributed by atoms with Crippen molar-refractivity contribution in [2.24, 2.45) is 5.92 Å². The van der Waals surface area contributed by atoms with E-state index in [9.17, 15) is 18.0 Å². The minimum absolute atomic E-state index is 0.106. The van der Waals surface area contributed by atoms with Crippen LogP contribution in [0.1, 0.15) is 53.5 Å². The zero-order valence-corrected chi connectivity index (χ0v) is 19.6. The molecule has 0 heterocycles. The summed E-state index contributed by atoms with van der Waals surface area (Å²) in [5.74, 6) is -0.401. The molecule has 0 saturated carbocycles. The molecule has 8 nitrogen and oxygen atoms in total. The minimum atomic E-state index is -3.60. The Balaban J connectivity index is 2.83. The first-order valence-electron chi connectivity index (χ1n) is 9.69. The minimum Gasteiger partial charge on any atom is -0.460 e. The van der Waals surface area contributed by atoms with Crippen LogP contribution >= 0.6 is 0 Å². The predicted molar refractivity (Wildman–Crippen MR) is 114 cm³/mol. The molecular weight excluding hydrogens is 410 g/mol. The van der Waals surface area contributed by atoms with Crippen LogP contribution in [0.5, 0.6) is 5.75 Å². The second-order valence-electron chi connectivity index (χ2n) is 9.17. The van der Waals surface area contributed by atoms with Crippen molar-refractivity contribution in [2.75, 3.05) is 12.8 Å². The first-order valence-corrected chi connectivity index (χ1v) is 11.5. The Morgan fingerprint density at radius 2 is 1.50 bits per heavy atom. The molecule has 1 aromatic rings. The van der Waals surface area contributed by atoms with E-state index in [0.29, 0.717) is 6.42 Å². The van der Waals surface area contributed by atoms with Gasteiger partial charge in [-0.2, -0.15) is 8.42 Å². The number of esters is 1. The molecule has 0 spiro atoms. The summed E-state index contributed by atoms with van der Waals surface area (Å²) in [6, 6.07) is 6.52. The summed E-state index contributed by atoms with van der Waals surface area (Å²) in [5.41, 5.74) is -0.374. The molecule has 1 amide bonds. The molecule has 0 fully saturated rings. The molecule has 1 unspecified atom stereocenters. The summed E-state index contributed by atoms with van der Waals surface area (Å²) in [6.07, 6.45) is 0.983. The Bertz CT molecular complexity index is 818. The lowest BCUT2D eigenvalue weighted by atomic mass is 9.96. The Morgan fingerprint density at radius 3 is 1.97 bits per heavy atom. The number of hydrogen-bond acceptors (Lipinski definition) is 7. The molecule has 170 valence electrons. The third kappa shape index (κ3) is 12.3. The van der Waals surface area contributed by atoms with E-state index in [0.717, 1.165) is 11.8 Å². The van der Waals surface area contributed by atoms with E-state index in [4.69, 9.17) is 13.7 Å². The molecular formula is C21H33NO7S. The Labute approximate surface area is 179 Å². The molecule has 1 N–H and O–H groups in total. The molecule has 0 aliphatic rings. The number of amides is 1. The van der Waals surface area contributed by atoms with E-state index in [1.165, 1.54) is 0 Å². The van der Waals surface area contributed by atoms with Gasteiger partial charge in [0.15, 0.2) is 0 Å². The van der Waals surface area contributed by atoms with Crippen LogP contribution in [0.3, 0.4) is 0 Å². The first-order chi connectivity index (χ1) is 13.5. The molecule has 0 bridgehead atoms. The van der Waals surface area contributed by atoms with Crippen LogP contribution in [-0.4, -0.2) is 44.5 Å². The Morgan fingerprint density at radius 1 is 0.967 bits per heavy atom. The highest BCUT2D eigenvalue weighted by atomic mass is 32.2. The van der Waals surface area contributed by atoms with Crippen LogP contribution < -0.4 is 9.50 Å². The number of rotatable bonds is 8. The highest BCUT2D eigenvalue weighted by molar-refractivity contribution is 7.86. The maximum Gasteiger partial charge on any atom is 0.407 e. The van der Waals surface area contributed by atoms with Gasteiger partial charge in [0.2, 0.25) is 0 Å². The Kier molecular flexibility index (Phi) is 8.71. The van der Waals surface area contributed by atoms with Gasteiger partial charge in [0.25, 0.3) is 0 Å². The normalized spacial score (nSPS) is 13.3. The van der Waals surface area contributed by atoms with Gasteiger partial charge in [-0.25, -0.2) is 4.79 Å². The van der Waals surface area contributed by atoms with Gasteiger partial charge in [-0.1, -0.05) is 12.1 Å². The highest BCUT2D eigenvalue weighted by Crippen LogP contribution is 2.19. The number of ether oxygens (including phenoxy) is 2. The van der Waals surface area contributed by atoms with Crippen molar-refractivity contribution in [1.29, 1.82) is 0 Å². The fourth-order valence-corrected chi connectivity index (χ4v) is 3.03. The van der Waals surface area contributed by atoms with Crippen molar-refractivity contribution in [3.05, 3.63) is 29.8 Å². The number of carbonyl (C=O) groups excluding carboxylic acids is 2. The Hall–Kier alpha value is -2.29. The molecule has 1 rings (SSSR count). The highest BCUT2D eigenvalue weighted by Gasteiger charge is 2.23. The maximum atomic E-state index is 12.3. The molecule has 0 aromatic heterocycles. The molecule has 9 heteroatoms. The summed E-state index contributed by atoms with van der Waals surface area (Å²) < 4.78 is 37.9. The van der Waals surface area contributed by atoms with Crippen molar-refractivity contribution >= 4 is 22.2 Å². The van der Waals surface area contributed by atoms with Crippen LogP contribution in [0.25, 0.3) is 0 Å². The van der Waals surface area contributed by atoms with Gasteiger partial charge in [-0.15, -0.1) is 0 Å². The number of nitrogens with one attached hydrogen (secondary N) is 1. The third-order valence-corrected chi connectivity index (χ3v) is 4.00. The molecule has 1 atom stereocenters. The van der Waals surface area contributed by atoms with Crippen molar-refractivity contribution in [2.45, 2.75) is 65.6 Å². The van der Waals surface area contributed by atoms with Crippen LogP contribution in [0.2, 0.25) is 0 Å². The van der Waals surface area contributed by atoms with Crippen LogP contribution in [0.4, 0.5) is 4.79 Å². The lowest BCUT2D eigenvalue weighted by molar-refractivity contribution is -0.155. The van der Waals surface area contributed by atoms with Crippen molar-refractivity contribution in [3.8, 4) is 5.75 Å². The average molecular weight is 444 g/mol. The lowest BCUT2D eigenvalue weighted by Gasteiger charge is -2.24. The number of hydrogen-bond donors (Lipinski definition) is 1. The third-order valence-electron chi connectivity index (χ3n) is 3.50. The molecule has 1 aromatic carbocycles. The maximum absolute atomic E-state index is 12.3. The van der Waals surface area contributed by atoms with Gasteiger partial charge in [0.05, 0.1) is 12.7 Å². The summed E-state index contributed by atoms with van der Waals surface area (Å²) in [4.78, 5) is 24.3. The fourth-order valence-electron chi connectivity index (χ4n) is 2.57. The molecule has 0 aliphatic heterocycles. The van der Waals surface area contributed by atoms with Gasteiger partial charge >= 0.3 is 22.2 Å². The predicted octanol–water partition coefficient (Wildman–Crippen LogP) is 3.44. The molecule has 0 saturated heterocycles. The summed E-state index contributed by atoms with van der Waals surface area (Å²) in [6.45, 7) is 10.9. The fraction of sp³-hybridized carbons (Fsp3) is 0.619. The molecule has 30 heavy (non-hydrogen) atoms. The smallest absolute Gasteiger partial charge is 0.407 e. The van der Waals surface area contributed by atoms with Gasteiger partial charge in [-0.3, -0.25) is 4.79 Å². The van der Waals surface area contributed by atoms with E-state index in [1.54, 1.807) is 65.8 Å². The summed E-state index contributed by atoms with van der Waals surface area (Å²) >= 11 is 0. The van der Waals surface area contributed by atoms with Crippen molar-refractivity contribution < 1.29 is 31.7 Å². The average Bonchev–Trinajstić information content (AvgIpc) is 2.49. The lowest BCUT2D eigenvalue weighted by Crippen LogP contribution is -2.36. The number of benzene rings is 1. The van der Waals surface area contributed by atoms with Gasteiger partial charge in [0, 0.05) is 6.54 Å². The zero-order valence-electron chi connectivity index (χ0n) is 18.8. The quantitative estimate of drug-likeness (QED) is 0.484. The SMILES string of the molecule is CC(C)(C)OC(=O)CC(CNC(=O)OC(C)(C)C)Cc1ccc(OS(C)(=O)=O)cc1. The van der Waals surface area contributed by atoms with Crippen molar-refractivity contribution in [1.82, 2.24) is 5.32 Å². The molecule has 0 aliphatic carbocycles. The van der Waals surface area contributed by atoms with E-state index >= 15 is 0 Å². The molecule has 0 radical (unpaired) electrons. The monoisotopic (exact) mass is 443 g/mol. The first kappa shape index (κ1) is 25.7.